The third kappa shape index (κ3) is 5.75. The Morgan fingerprint density at radius 3 is 2.78 bits per heavy atom. The van der Waals surface area contributed by atoms with Crippen LogP contribution in [0.2, 0.25) is 0 Å². The van der Waals surface area contributed by atoms with Crippen molar-refractivity contribution in [1.82, 2.24) is 5.32 Å². The predicted molar refractivity (Wildman–Crippen MR) is 94.7 cm³/mol. The van der Waals surface area contributed by atoms with Crippen molar-refractivity contribution in [3.63, 3.8) is 0 Å². The van der Waals surface area contributed by atoms with Crippen LogP contribution in [-0.2, 0) is 16.0 Å². The van der Waals surface area contributed by atoms with E-state index in [4.69, 9.17) is 10.5 Å². The number of hydrogen-bond acceptors (Lipinski definition) is 4. The number of benzene rings is 1. The average Bonchev–Trinajstić information content (AvgIpc) is 2.58. The van der Waals surface area contributed by atoms with E-state index in [2.05, 4.69) is 29.3 Å². The predicted octanol–water partition coefficient (Wildman–Crippen LogP) is 2.34. The van der Waals surface area contributed by atoms with E-state index in [0.29, 0.717) is 6.42 Å². The lowest BCUT2D eigenvalue weighted by Gasteiger charge is -2.30. The van der Waals surface area contributed by atoms with E-state index in [0.717, 1.165) is 62.6 Å². The first-order chi connectivity index (χ1) is 11.2. The lowest BCUT2D eigenvalue weighted by Crippen LogP contribution is -2.36. The van der Waals surface area contributed by atoms with E-state index in [1.165, 1.54) is 12.8 Å². The van der Waals surface area contributed by atoms with Crippen molar-refractivity contribution in [2.75, 3.05) is 43.5 Å². The smallest absolute Gasteiger partial charge is 0.220 e. The van der Waals surface area contributed by atoms with Crippen LogP contribution in [0.15, 0.2) is 18.2 Å². The second kappa shape index (κ2) is 9.40. The summed E-state index contributed by atoms with van der Waals surface area (Å²) < 4.78 is 5.37. The van der Waals surface area contributed by atoms with Crippen LogP contribution < -0.4 is 16.0 Å². The number of nitrogen functional groups attached to an aromatic ring is 1. The normalized spacial score (nSPS) is 14.7. The lowest BCUT2D eigenvalue weighted by molar-refractivity contribution is -0.121. The van der Waals surface area contributed by atoms with Gasteiger partial charge in [0, 0.05) is 26.1 Å². The van der Waals surface area contributed by atoms with E-state index in [1.807, 2.05) is 6.07 Å². The van der Waals surface area contributed by atoms with Gasteiger partial charge in [0.15, 0.2) is 0 Å². The van der Waals surface area contributed by atoms with Gasteiger partial charge in [-0.2, -0.15) is 0 Å². The van der Waals surface area contributed by atoms with Crippen molar-refractivity contribution in [3.8, 4) is 0 Å². The summed E-state index contributed by atoms with van der Waals surface area (Å²) >= 11 is 0. The topological polar surface area (TPSA) is 67.6 Å². The highest BCUT2D eigenvalue weighted by atomic mass is 16.5. The van der Waals surface area contributed by atoms with Crippen molar-refractivity contribution in [3.05, 3.63) is 23.8 Å². The number of amides is 1. The molecule has 0 bridgehead atoms. The third-order valence-corrected chi connectivity index (χ3v) is 4.19. The van der Waals surface area contributed by atoms with Gasteiger partial charge in [0.1, 0.15) is 0 Å². The van der Waals surface area contributed by atoms with Gasteiger partial charge in [-0.05, 0) is 30.5 Å². The molecule has 2 rings (SSSR count). The first kappa shape index (κ1) is 17.6. The fourth-order valence-corrected chi connectivity index (χ4v) is 2.80. The van der Waals surface area contributed by atoms with E-state index < -0.39 is 0 Å². The Kier molecular flexibility index (Phi) is 7.20. The van der Waals surface area contributed by atoms with Gasteiger partial charge in [-0.15, -0.1) is 0 Å². The molecule has 0 aliphatic carbocycles. The molecule has 1 fully saturated rings. The van der Waals surface area contributed by atoms with Crippen molar-refractivity contribution in [2.45, 2.75) is 39.0 Å². The van der Waals surface area contributed by atoms with Crippen LogP contribution in [0.25, 0.3) is 0 Å². The van der Waals surface area contributed by atoms with Crippen LogP contribution in [0.5, 0.6) is 0 Å². The molecule has 128 valence electrons. The largest absolute Gasteiger partial charge is 0.397 e. The van der Waals surface area contributed by atoms with Crippen LogP contribution in [-0.4, -0.2) is 38.8 Å². The molecule has 0 unspecified atom stereocenters. The van der Waals surface area contributed by atoms with Gasteiger partial charge in [-0.25, -0.2) is 0 Å². The highest BCUT2D eigenvalue weighted by Gasteiger charge is 2.14. The maximum absolute atomic E-state index is 11.8. The quantitative estimate of drug-likeness (QED) is 0.570. The molecule has 0 spiro atoms. The molecule has 1 heterocycles. The molecular formula is C18H29N3O2. The van der Waals surface area contributed by atoms with E-state index in [-0.39, 0.29) is 5.91 Å². The maximum Gasteiger partial charge on any atom is 0.220 e. The molecule has 3 N–H and O–H groups in total. The summed E-state index contributed by atoms with van der Waals surface area (Å²) in [5.74, 6) is 0.122. The summed E-state index contributed by atoms with van der Waals surface area (Å²) in [6.07, 6.45) is 4.64. The summed E-state index contributed by atoms with van der Waals surface area (Å²) in [7, 11) is 0. The number of hydrogen-bond donors (Lipinski definition) is 2. The number of carbonyl (C=O) groups is 1. The molecule has 23 heavy (non-hydrogen) atoms. The Balaban J connectivity index is 1.79. The minimum absolute atomic E-state index is 0.122. The van der Waals surface area contributed by atoms with Crippen LogP contribution >= 0.6 is 0 Å². The first-order valence-electron chi connectivity index (χ1n) is 8.68. The number of carbonyl (C=O) groups excluding carboxylic acids is 1. The molecule has 0 radical (unpaired) electrons. The molecule has 1 amide bonds. The summed E-state index contributed by atoms with van der Waals surface area (Å²) in [6, 6.07) is 6.13. The fourth-order valence-electron chi connectivity index (χ4n) is 2.80. The van der Waals surface area contributed by atoms with Crippen molar-refractivity contribution in [1.29, 1.82) is 0 Å². The zero-order valence-corrected chi connectivity index (χ0v) is 14.1. The van der Waals surface area contributed by atoms with E-state index >= 15 is 0 Å². The Morgan fingerprint density at radius 1 is 1.30 bits per heavy atom. The highest BCUT2D eigenvalue weighted by Crippen LogP contribution is 2.25. The number of anilines is 2. The van der Waals surface area contributed by atoms with E-state index in [9.17, 15) is 4.79 Å². The third-order valence-electron chi connectivity index (χ3n) is 4.19. The van der Waals surface area contributed by atoms with Crippen molar-refractivity contribution < 1.29 is 9.53 Å². The summed E-state index contributed by atoms with van der Waals surface area (Å²) in [4.78, 5) is 14.1. The molecule has 5 nitrogen and oxygen atoms in total. The van der Waals surface area contributed by atoms with Gasteiger partial charge in [-0.1, -0.05) is 25.8 Å². The molecule has 5 heteroatoms. The molecule has 1 aromatic carbocycles. The summed E-state index contributed by atoms with van der Waals surface area (Å²) in [5.41, 5.74) is 9.16. The van der Waals surface area contributed by atoms with Crippen LogP contribution in [0.4, 0.5) is 11.4 Å². The number of unbranched alkanes of at least 4 members (excludes halogenated alkanes) is 2. The van der Waals surface area contributed by atoms with Crippen molar-refractivity contribution in [2.24, 2.45) is 0 Å². The Morgan fingerprint density at radius 2 is 2.09 bits per heavy atom. The summed E-state index contributed by atoms with van der Waals surface area (Å²) in [6.45, 7) is 6.20. The summed E-state index contributed by atoms with van der Waals surface area (Å²) in [5, 5.41) is 2.97. The second-order valence-electron chi connectivity index (χ2n) is 6.05. The Labute approximate surface area is 139 Å². The van der Waals surface area contributed by atoms with Gasteiger partial charge in [0.25, 0.3) is 0 Å². The van der Waals surface area contributed by atoms with Gasteiger partial charge >= 0.3 is 0 Å². The van der Waals surface area contributed by atoms with Crippen molar-refractivity contribution >= 4 is 17.3 Å². The molecule has 0 saturated carbocycles. The monoisotopic (exact) mass is 319 g/mol. The fraction of sp³-hybridized carbons (Fsp3) is 0.611. The SMILES string of the molecule is CCCCCNC(=O)CCc1ccc(N2CCOCC2)c(N)c1. The van der Waals surface area contributed by atoms with Gasteiger partial charge in [-0.3, -0.25) is 4.79 Å². The zero-order chi connectivity index (χ0) is 16.5. The number of nitrogens with zero attached hydrogens (tertiary/aromatic N) is 1. The molecular weight excluding hydrogens is 290 g/mol. The van der Waals surface area contributed by atoms with Crippen LogP contribution in [0.1, 0.15) is 38.2 Å². The minimum atomic E-state index is 0.122. The number of nitrogens with one attached hydrogen (secondary N) is 1. The van der Waals surface area contributed by atoms with Gasteiger partial charge in [0.2, 0.25) is 5.91 Å². The second-order valence-corrected chi connectivity index (χ2v) is 6.05. The molecule has 1 aliphatic rings. The van der Waals surface area contributed by atoms with Gasteiger partial charge in [0.05, 0.1) is 24.6 Å². The molecule has 0 atom stereocenters. The molecule has 1 saturated heterocycles. The number of aryl methyl sites for hydroxylation is 1. The van der Waals surface area contributed by atoms with Gasteiger partial charge < -0.3 is 20.7 Å². The Bertz CT molecular complexity index is 499. The molecule has 0 aromatic heterocycles. The standard InChI is InChI=1S/C18H29N3O2/c1-2-3-4-9-20-18(22)8-6-15-5-7-17(16(19)14-15)21-10-12-23-13-11-21/h5,7,14H,2-4,6,8-13,19H2,1H3,(H,20,22). The lowest BCUT2D eigenvalue weighted by atomic mass is 10.1. The average molecular weight is 319 g/mol. The Hall–Kier alpha value is -1.75. The number of rotatable bonds is 8. The minimum Gasteiger partial charge on any atom is -0.397 e. The number of morpholine rings is 1. The number of nitrogens with two attached hydrogens (primary N) is 1. The van der Waals surface area contributed by atoms with Crippen LogP contribution in [0, 0.1) is 0 Å². The van der Waals surface area contributed by atoms with Crippen LogP contribution in [0.3, 0.4) is 0 Å². The zero-order valence-electron chi connectivity index (χ0n) is 14.1. The molecule has 1 aliphatic heterocycles. The molecule has 1 aromatic rings. The number of ether oxygens (including phenoxy) is 1. The van der Waals surface area contributed by atoms with E-state index in [1.54, 1.807) is 0 Å². The highest BCUT2D eigenvalue weighted by molar-refractivity contribution is 5.76. The maximum atomic E-state index is 11.8. The first-order valence-corrected chi connectivity index (χ1v) is 8.68.